The van der Waals surface area contributed by atoms with E-state index in [1.54, 1.807) is 0 Å². The summed E-state index contributed by atoms with van der Waals surface area (Å²) >= 11 is 0. The molecule has 2 saturated carbocycles. The molecule has 0 radical (unpaired) electrons. The molecule has 4 heteroatoms. The lowest BCUT2D eigenvalue weighted by atomic mass is 9.55. The molecule has 0 aromatic heterocycles. The Morgan fingerprint density at radius 2 is 2.00 bits per heavy atom. The van der Waals surface area contributed by atoms with Gasteiger partial charge in [0.15, 0.2) is 0 Å². The van der Waals surface area contributed by atoms with Crippen molar-refractivity contribution in [1.82, 2.24) is 0 Å². The van der Waals surface area contributed by atoms with E-state index >= 15 is 0 Å². The first-order valence-corrected chi connectivity index (χ1v) is 8.77. The van der Waals surface area contributed by atoms with Gasteiger partial charge < -0.3 is 20.4 Å². The SMILES string of the molecule is C[C@]12CCC3c4cc(CO)c(O)cc4CCC3C1CC(O)[C@@H]2O. The Morgan fingerprint density at radius 1 is 1.22 bits per heavy atom. The second-order valence-corrected chi connectivity index (χ2v) is 8.05. The van der Waals surface area contributed by atoms with Crippen LogP contribution < -0.4 is 0 Å². The fraction of sp³-hybridized carbons (Fsp3) is 0.684. The lowest BCUT2D eigenvalue weighted by molar-refractivity contribution is -0.0505. The number of aromatic hydroxyl groups is 1. The van der Waals surface area contributed by atoms with E-state index in [9.17, 15) is 20.4 Å². The molecule has 4 unspecified atom stereocenters. The third kappa shape index (κ3) is 2.08. The van der Waals surface area contributed by atoms with E-state index in [1.807, 2.05) is 12.1 Å². The van der Waals surface area contributed by atoms with Crippen LogP contribution in [0.25, 0.3) is 0 Å². The number of aliphatic hydroxyl groups excluding tert-OH is 3. The average Bonchev–Trinajstić information content (AvgIpc) is 2.77. The number of aliphatic hydroxyl groups is 3. The molecule has 0 spiro atoms. The molecule has 3 aliphatic rings. The molecular formula is C19H26O4. The maximum absolute atomic E-state index is 10.4. The molecule has 0 bridgehead atoms. The van der Waals surface area contributed by atoms with Crippen LogP contribution in [0.15, 0.2) is 12.1 Å². The number of phenols is 1. The molecule has 126 valence electrons. The van der Waals surface area contributed by atoms with Crippen molar-refractivity contribution in [3.05, 3.63) is 28.8 Å². The topological polar surface area (TPSA) is 80.9 Å². The highest BCUT2D eigenvalue weighted by Crippen LogP contribution is 2.61. The van der Waals surface area contributed by atoms with Crippen molar-refractivity contribution in [3.8, 4) is 5.75 Å². The van der Waals surface area contributed by atoms with Gasteiger partial charge in [-0.05, 0) is 78.5 Å². The minimum atomic E-state index is -0.609. The van der Waals surface area contributed by atoms with Crippen LogP contribution in [-0.2, 0) is 13.0 Å². The van der Waals surface area contributed by atoms with Gasteiger partial charge in [-0.2, -0.15) is 0 Å². The van der Waals surface area contributed by atoms with Crippen LogP contribution in [0.2, 0.25) is 0 Å². The highest BCUT2D eigenvalue weighted by molar-refractivity contribution is 5.45. The van der Waals surface area contributed by atoms with E-state index in [2.05, 4.69) is 6.92 Å². The lowest BCUT2D eigenvalue weighted by Gasteiger charge is -2.50. The van der Waals surface area contributed by atoms with Gasteiger partial charge >= 0.3 is 0 Å². The summed E-state index contributed by atoms with van der Waals surface area (Å²) in [6, 6.07) is 3.80. The Morgan fingerprint density at radius 3 is 2.74 bits per heavy atom. The summed E-state index contributed by atoms with van der Waals surface area (Å²) in [6.45, 7) is 2.00. The zero-order valence-corrected chi connectivity index (χ0v) is 13.6. The molecule has 23 heavy (non-hydrogen) atoms. The highest BCUT2D eigenvalue weighted by atomic mass is 16.3. The maximum Gasteiger partial charge on any atom is 0.121 e. The van der Waals surface area contributed by atoms with Crippen molar-refractivity contribution < 1.29 is 20.4 Å². The smallest absolute Gasteiger partial charge is 0.121 e. The summed E-state index contributed by atoms with van der Waals surface area (Å²) in [6.07, 6.45) is 3.39. The molecule has 4 nitrogen and oxygen atoms in total. The van der Waals surface area contributed by atoms with Crippen molar-refractivity contribution >= 4 is 0 Å². The number of hydrogen-bond acceptors (Lipinski definition) is 4. The normalized spacial score (nSPS) is 42.0. The molecule has 1 aromatic carbocycles. The summed E-state index contributed by atoms with van der Waals surface area (Å²) in [5, 5.41) is 40.1. The van der Waals surface area contributed by atoms with E-state index in [-0.39, 0.29) is 17.8 Å². The first-order valence-electron chi connectivity index (χ1n) is 8.77. The fourth-order valence-electron chi connectivity index (χ4n) is 5.77. The van der Waals surface area contributed by atoms with Crippen LogP contribution in [-0.4, -0.2) is 32.6 Å². The molecule has 6 atom stereocenters. The van der Waals surface area contributed by atoms with E-state index in [1.165, 1.54) is 11.1 Å². The Bertz CT molecular complexity index is 628. The van der Waals surface area contributed by atoms with Gasteiger partial charge in [-0.25, -0.2) is 0 Å². The summed E-state index contributed by atoms with van der Waals surface area (Å²) in [5.74, 6) is 1.44. The van der Waals surface area contributed by atoms with Gasteiger partial charge in [0.05, 0.1) is 18.8 Å². The summed E-state index contributed by atoms with van der Waals surface area (Å²) < 4.78 is 0. The summed E-state index contributed by atoms with van der Waals surface area (Å²) in [5.41, 5.74) is 2.89. The van der Waals surface area contributed by atoms with Crippen molar-refractivity contribution in [3.63, 3.8) is 0 Å². The monoisotopic (exact) mass is 318 g/mol. The predicted molar refractivity (Wildman–Crippen MR) is 86.0 cm³/mol. The number of benzene rings is 1. The molecule has 0 aliphatic heterocycles. The van der Waals surface area contributed by atoms with Crippen LogP contribution in [0.5, 0.6) is 5.75 Å². The van der Waals surface area contributed by atoms with Gasteiger partial charge in [0.25, 0.3) is 0 Å². The standard InChI is InChI=1S/C19H26O4/c1-19-5-4-12-13(15(19)8-17(22)18(19)23)3-2-10-7-16(21)11(9-20)6-14(10)12/h6-7,12-13,15,17-18,20-23H,2-5,8-9H2,1H3/t12?,13?,15?,17?,18-,19-/m0/s1. The highest BCUT2D eigenvalue weighted by Gasteiger charge is 2.57. The second-order valence-electron chi connectivity index (χ2n) is 8.05. The molecule has 3 aliphatic carbocycles. The van der Waals surface area contributed by atoms with E-state index in [4.69, 9.17) is 0 Å². The second kappa shape index (κ2) is 5.20. The predicted octanol–water partition coefficient (Wildman–Crippen LogP) is 2.07. The molecule has 2 fully saturated rings. The van der Waals surface area contributed by atoms with E-state index < -0.39 is 12.2 Å². The minimum absolute atomic E-state index is 0.144. The van der Waals surface area contributed by atoms with Gasteiger partial charge in [0, 0.05) is 5.56 Å². The third-order valence-electron chi connectivity index (χ3n) is 7.07. The largest absolute Gasteiger partial charge is 0.508 e. The minimum Gasteiger partial charge on any atom is -0.508 e. The quantitative estimate of drug-likeness (QED) is 0.639. The van der Waals surface area contributed by atoms with Gasteiger partial charge in [0.2, 0.25) is 0 Å². The first-order chi connectivity index (χ1) is 11.0. The average molecular weight is 318 g/mol. The fourth-order valence-corrected chi connectivity index (χ4v) is 5.77. The first kappa shape index (κ1) is 15.4. The zero-order valence-electron chi connectivity index (χ0n) is 13.6. The Hall–Kier alpha value is -1.10. The van der Waals surface area contributed by atoms with Crippen molar-refractivity contribution in [2.75, 3.05) is 0 Å². The zero-order chi connectivity index (χ0) is 16.4. The van der Waals surface area contributed by atoms with Gasteiger partial charge in [-0.3, -0.25) is 0 Å². The van der Waals surface area contributed by atoms with Gasteiger partial charge in [-0.1, -0.05) is 6.92 Å². The molecular weight excluding hydrogens is 292 g/mol. The van der Waals surface area contributed by atoms with E-state index in [0.29, 0.717) is 29.7 Å². The lowest BCUT2D eigenvalue weighted by Crippen LogP contribution is -2.44. The van der Waals surface area contributed by atoms with Crippen LogP contribution in [0.1, 0.15) is 55.2 Å². The number of aryl methyl sites for hydroxylation is 1. The third-order valence-corrected chi connectivity index (χ3v) is 7.07. The summed E-state index contributed by atoms with van der Waals surface area (Å²) in [4.78, 5) is 0. The molecule has 0 amide bonds. The molecule has 0 saturated heterocycles. The van der Waals surface area contributed by atoms with Gasteiger partial charge in [-0.15, -0.1) is 0 Å². The number of rotatable bonds is 1. The van der Waals surface area contributed by atoms with Crippen molar-refractivity contribution in [2.24, 2.45) is 17.3 Å². The van der Waals surface area contributed by atoms with Crippen LogP contribution in [0.4, 0.5) is 0 Å². The number of fused-ring (bicyclic) bond motifs is 5. The Labute approximate surface area is 136 Å². The molecule has 4 rings (SSSR count). The number of hydrogen-bond donors (Lipinski definition) is 4. The molecule has 4 N–H and O–H groups in total. The van der Waals surface area contributed by atoms with Crippen LogP contribution in [0, 0.1) is 17.3 Å². The molecule has 0 heterocycles. The van der Waals surface area contributed by atoms with Crippen LogP contribution >= 0.6 is 0 Å². The van der Waals surface area contributed by atoms with Crippen molar-refractivity contribution in [1.29, 1.82) is 0 Å². The molecule has 1 aromatic rings. The Kier molecular flexibility index (Phi) is 3.49. The van der Waals surface area contributed by atoms with Crippen LogP contribution in [0.3, 0.4) is 0 Å². The van der Waals surface area contributed by atoms with E-state index in [0.717, 1.165) is 25.7 Å². The van der Waals surface area contributed by atoms with Gasteiger partial charge in [0.1, 0.15) is 5.75 Å². The Balaban J connectivity index is 1.72. The summed E-state index contributed by atoms with van der Waals surface area (Å²) in [7, 11) is 0. The van der Waals surface area contributed by atoms with Crippen molar-refractivity contribution in [2.45, 2.75) is 63.8 Å². The maximum atomic E-state index is 10.4.